The van der Waals surface area contributed by atoms with Gasteiger partial charge < -0.3 is 15.9 Å². The third kappa shape index (κ3) is 4.53. The van der Waals surface area contributed by atoms with Crippen LogP contribution in [0.3, 0.4) is 0 Å². The normalized spacial score (nSPS) is 13.7. The van der Waals surface area contributed by atoms with Crippen LogP contribution in [-0.4, -0.2) is 5.91 Å². The van der Waals surface area contributed by atoms with Crippen LogP contribution in [-0.2, 0) is 17.1 Å². The van der Waals surface area contributed by atoms with Crippen molar-refractivity contribution in [3.8, 4) is 11.3 Å². The van der Waals surface area contributed by atoms with Gasteiger partial charge in [0.05, 0.1) is 17.2 Å². The molecule has 0 fully saturated rings. The first-order valence-corrected chi connectivity index (χ1v) is 6.81. The molecule has 2 aromatic rings. The second-order valence-electron chi connectivity index (χ2n) is 5.27. The molecule has 0 saturated heterocycles. The first kappa shape index (κ1) is 18.8. The van der Waals surface area contributed by atoms with Gasteiger partial charge in [0.15, 0.2) is 0 Å². The number of nitrogens with two attached hydrogens (primary N) is 2. The van der Waals surface area contributed by atoms with Crippen LogP contribution in [0.2, 0.25) is 0 Å². The molecule has 4 N–H and O–H groups in total. The summed E-state index contributed by atoms with van der Waals surface area (Å²) in [6, 6.07) is 2.57. The van der Waals surface area contributed by atoms with Crippen LogP contribution >= 0.6 is 0 Å². The molecule has 1 aromatic carbocycles. The minimum Gasteiger partial charge on any atom is -0.459 e. The number of benzene rings is 1. The van der Waals surface area contributed by atoms with E-state index >= 15 is 0 Å². The van der Waals surface area contributed by atoms with E-state index in [1.165, 1.54) is 12.1 Å². The number of halogens is 6. The van der Waals surface area contributed by atoms with E-state index in [0.29, 0.717) is 12.1 Å². The van der Waals surface area contributed by atoms with E-state index in [0.717, 1.165) is 0 Å². The van der Waals surface area contributed by atoms with Crippen molar-refractivity contribution in [2.75, 3.05) is 0 Å². The minimum absolute atomic E-state index is 0.0137. The molecule has 1 unspecified atom stereocenters. The van der Waals surface area contributed by atoms with Crippen molar-refractivity contribution in [2.24, 2.45) is 11.5 Å². The molecule has 1 atom stereocenters. The average Bonchev–Trinajstić information content (AvgIpc) is 2.94. The lowest BCUT2D eigenvalue weighted by molar-refractivity contribution is -0.143. The van der Waals surface area contributed by atoms with Gasteiger partial charge in [-0.2, -0.15) is 26.3 Å². The summed E-state index contributed by atoms with van der Waals surface area (Å²) in [5.41, 5.74) is 7.26. The first-order valence-electron chi connectivity index (χ1n) is 6.81. The maximum atomic E-state index is 12.9. The number of carbonyl (C=O) groups excluding carboxylic acids is 1. The van der Waals surface area contributed by atoms with Crippen LogP contribution in [0.25, 0.3) is 11.3 Å². The molecular formula is C15H12F6N2O2. The molecule has 0 bridgehead atoms. The number of furan rings is 1. The zero-order valence-electron chi connectivity index (χ0n) is 12.4. The molecular weight excluding hydrogens is 354 g/mol. The molecule has 0 saturated carbocycles. The smallest absolute Gasteiger partial charge is 0.416 e. The summed E-state index contributed by atoms with van der Waals surface area (Å²) in [5.74, 6) is -0.963. The molecule has 136 valence electrons. The Morgan fingerprint density at radius 3 is 1.96 bits per heavy atom. The van der Waals surface area contributed by atoms with Crippen molar-refractivity contribution in [2.45, 2.75) is 24.8 Å². The molecule has 10 heteroatoms. The van der Waals surface area contributed by atoms with Gasteiger partial charge in [-0.3, -0.25) is 4.79 Å². The van der Waals surface area contributed by atoms with E-state index in [1.807, 2.05) is 0 Å². The van der Waals surface area contributed by atoms with Gasteiger partial charge >= 0.3 is 12.4 Å². The Balaban J connectivity index is 2.48. The van der Waals surface area contributed by atoms with Crippen LogP contribution < -0.4 is 11.5 Å². The molecule has 0 aliphatic heterocycles. The van der Waals surface area contributed by atoms with Gasteiger partial charge in [-0.25, -0.2) is 0 Å². The van der Waals surface area contributed by atoms with E-state index in [1.54, 1.807) is 0 Å². The van der Waals surface area contributed by atoms with Crippen LogP contribution in [0.1, 0.15) is 29.3 Å². The van der Waals surface area contributed by atoms with Crippen LogP contribution in [0.5, 0.6) is 0 Å². The van der Waals surface area contributed by atoms with Gasteiger partial charge in [-0.1, -0.05) is 0 Å². The molecule has 0 spiro atoms. The maximum Gasteiger partial charge on any atom is 0.416 e. The summed E-state index contributed by atoms with van der Waals surface area (Å²) >= 11 is 0. The summed E-state index contributed by atoms with van der Waals surface area (Å²) in [6.45, 7) is 0. The van der Waals surface area contributed by atoms with Gasteiger partial charge in [-0.15, -0.1) is 0 Å². The number of hydrogen-bond acceptors (Lipinski definition) is 3. The summed E-state index contributed by atoms with van der Waals surface area (Å²) in [5, 5.41) is 0. The SMILES string of the molecule is NC(=O)CC(N)c1ccc(-c2cc(C(F)(F)F)cc(C(F)(F)F)c2)o1. The average molecular weight is 366 g/mol. The number of primary amides is 1. The van der Waals surface area contributed by atoms with Gasteiger partial charge in [-0.05, 0) is 30.3 Å². The summed E-state index contributed by atoms with van der Waals surface area (Å²) in [7, 11) is 0. The fraction of sp³-hybridized carbons (Fsp3) is 0.267. The van der Waals surface area contributed by atoms with Gasteiger partial charge in [0.1, 0.15) is 11.5 Å². The minimum atomic E-state index is -4.96. The lowest BCUT2D eigenvalue weighted by Gasteiger charge is -2.13. The summed E-state index contributed by atoms with van der Waals surface area (Å²) in [6.07, 6.45) is -10.2. The van der Waals surface area contributed by atoms with Crippen molar-refractivity contribution in [3.05, 3.63) is 47.2 Å². The third-order valence-electron chi connectivity index (χ3n) is 3.29. The number of rotatable bonds is 4. The largest absolute Gasteiger partial charge is 0.459 e. The van der Waals surface area contributed by atoms with Crippen LogP contribution in [0, 0.1) is 0 Å². The highest BCUT2D eigenvalue weighted by Gasteiger charge is 2.37. The second-order valence-corrected chi connectivity index (χ2v) is 5.27. The Hall–Kier alpha value is -2.49. The highest BCUT2D eigenvalue weighted by Crippen LogP contribution is 2.39. The molecule has 1 heterocycles. The molecule has 0 aliphatic rings. The van der Waals surface area contributed by atoms with Gasteiger partial charge in [0, 0.05) is 12.0 Å². The fourth-order valence-electron chi connectivity index (χ4n) is 2.12. The molecule has 0 radical (unpaired) electrons. The van der Waals surface area contributed by atoms with Crippen molar-refractivity contribution < 1.29 is 35.6 Å². The zero-order valence-corrected chi connectivity index (χ0v) is 12.4. The molecule has 25 heavy (non-hydrogen) atoms. The van der Waals surface area contributed by atoms with Gasteiger partial charge in [0.25, 0.3) is 0 Å². The number of hydrogen-bond donors (Lipinski definition) is 2. The topological polar surface area (TPSA) is 82.2 Å². The summed E-state index contributed by atoms with van der Waals surface area (Å²) < 4.78 is 82.4. The number of carbonyl (C=O) groups is 1. The summed E-state index contributed by atoms with van der Waals surface area (Å²) in [4.78, 5) is 10.8. The van der Waals surface area contributed by atoms with Crippen molar-refractivity contribution in [1.82, 2.24) is 0 Å². The quantitative estimate of drug-likeness (QED) is 0.806. The van der Waals surface area contributed by atoms with E-state index in [-0.39, 0.29) is 24.0 Å². The Labute approximate surface area is 137 Å². The first-order chi connectivity index (χ1) is 11.4. The highest BCUT2D eigenvalue weighted by atomic mass is 19.4. The Bertz CT molecular complexity index is 747. The zero-order chi connectivity index (χ0) is 19.0. The predicted octanol–water partition coefficient (Wildman–Crippen LogP) is 3.86. The van der Waals surface area contributed by atoms with Crippen LogP contribution in [0.15, 0.2) is 34.7 Å². The second kappa shape index (κ2) is 6.43. The maximum absolute atomic E-state index is 12.9. The molecule has 4 nitrogen and oxygen atoms in total. The lowest BCUT2D eigenvalue weighted by Crippen LogP contribution is -2.20. The van der Waals surface area contributed by atoms with E-state index in [2.05, 4.69) is 0 Å². The van der Waals surface area contributed by atoms with Gasteiger partial charge in [0.2, 0.25) is 5.91 Å². The third-order valence-corrected chi connectivity index (χ3v) is 3.29. The van der Waals surface area contributed by atoms with E-state index in [4.69, 9.17) is 15.9 Å². The highest BCUT2D eigenvalue weighted by molar-refractivity contribution is 5.74. The van der Waals surface area contributed by atoms with Crippen LogP contribution in [0.4, 0.5) is 26.3 Å². The molecule has 1 amide bonds. The standard InChI is InChI=1S/C15H12F6N2O2/c16-14(17,18)8-3-7(4-9(5-8)15(19,20)21)11-1-2-12(25-11)10(22)6-13(23)24/h1-5,10H,6,22H2,(H2,23,24). The van der Waals surface area contributed by atoms with E-state index < -0.39 is 41.0 Å². The Morgan fingerprint density at radius 2 is 1.52 bits per heavy atom. The van der Waals surface area contributed by atoms with Crippen molar-refractivity contribution >= 4 is 5.91 Å². The monoisotopic (exact) mass is 366 g/mol. The van der Waals surface area contributed by atoms with Crippen molar-refractivity contribution in [1.29, 1.82) is 0 Å². The lowest BCUT2D eigenvalue weighted by atomic mass is 10.0. The van der Waals surface area contributed by atoms with E-state index in [9.17, 15) is 31.1 Å². The molecule has 2 rings (SSSR count). The molecule has 1 aromatic heterocycles. The predicted molar refractivity (Wildman–Crippen MR) is 74.9 cm³/mol. The Morgan fingerprint density at radius 1 is 1.00 bits per heavy atom. The number of amides is 1. The molecule has 0 aliphatic carbocycles. The Kier molecular flexibility index (Phi) is 4.85. The fourth-order valence-corrected chi connectivity index (χ4v) is 2.12. The number of alkyl halides is 6. The van der Waals surface area contributed by atoms with Crippen molar-refractivity contribution in [3.63, 3.8) is 0 Å².